The van der Waals surface area contributed by atoms with Crippen LogP contribution in [0.4, 0.5) is 4.39 Å². The summed E-state index contributed by atoms with van der Waals surface area (Å²) in [5.41, 5.74) is 2.45. The van der Waals surface area contributed by atoms with Crippen LogP contribution < -0.4 is 9.80 Å². The van der Waals surface area contributed by atoms with E-state index in [0.29, 0.717) is 0 Å². The molecule has 0 amide bonds. The third kappa shape index (κ3) is 4.09. The molecule has 4 heteroatoms. The Bertz CT molecular complexity index is 565. The lowest BCUT2D eigenvalue weighted by Gasteiger charge is -2.29. The number of aromatic nitrogens is 1. The first-order chi connectivity index (χ1) is 10.3. The zero-order valence-electron chi connectivity index (χ0n) is 12.2. The Kier molecular flexibility index (Phi) is 4.58. The molecule has 1 aromatic heterocycles. The standard InChI is InChI=1S/C17H20FN3/c18-17-3-1-2-16(12-17)14-21-10-8-20(9-11-21)13-15-4-6-19-7-5-15/h1-7,12H,8-11,13-14H2/p+2. The van der Waals surface area contributed by atoms with Gasteiger partial charge in [0.15, 0.2) is 0 Å². The van der Waals surface area contributed by atoms with E-state index in [-0.39, 0.29) is 5.82 Å². The lowest BCUT2D eigenvalue weighted by Crippen LogP contribution is -3.27. The van der Waals surface area contributed by atoms with Gasteiger partial charge in [-0.2, -0.15) is 0 Å². The van der Waals surface area contributed by atoms with E-state index in [4.69, 9.17) is 0 Å². The van der Waals surface area contributed by atoms with Crippen molar-refractivity contribution in [3.63, 3.8) is 0 Å². The lowest BCUT2D eigenvalue weighted by molar-refractivity contribution is -1.02. The number of nitrogens with one attached hydrogen (secondary N) is 2. The molecule has 3 rings (SSSR count). The van der Waals surface area contributed by atoms with Gasteiger partial charge in [0.1, 0.15) is 45.1 Å². The Hall–Kier alpha value is -1.78. The van der Waals surface area contributed by atoms with Crippen molar-refractivity contribution < 1.29 is 14.2 Å². The van der Waals surface area contributed by atoms with Crippen LogP contribution in [0.3, 0.4) is 0 Å². The smallest absolute Gasteiger partial charge is 0.127 e. The van der Waals surface area contributed by atoms with E-state index < -0.39 is 0 Å². The molecule has 1 fully saturated rings. The second-order valence-corrected chi connectivity index (χ2v) is 5.84. The van der Waals surface area contributed by atoms with Crippen LogP contribution in [0.5, 0.6) is 0 Å². The number of rotatable bonds is 4. The van der Waals surface area contributed by atoms with Crippen molar-refractivity contribution in [2.75, 3.05) is 26.2 Å². The second-order valence-electron chi connectivity index (χ2n) is 5.84. The van der Waals surface area contributed by atoms with Gasteiger partial charge in [0, 0.05) is 23.5 Å². The zero-order valence-corrected chi connectivity index (χ0v) is 12.2. The van der Waals surface area contributed by atoms with Gasteiger partial charge in [0.2, 0.25) is 0 Å². The van der Waals surface area contributed by atoms with Gasteiger partial charge in [-0.1, -0.05) is 12.1 Å². The summed E-state index contributed by atoms with van der Waals surface area (Å²) in [5.74, 6) is -0.131. The highest BCUT2D eigenvalue weighted by molar-refractivity contribution is 5.15. The Morgan fingerprint density at radius 1 is 0.857 bits per heavy atom. The van der Waals surface area contributed by atoms with Gasteiger partial charge in [-0.05, 0) is 24.3 Å². The fourth-order valence-electron chi connectivity index (χ4n) is 3.04. The third-order valence-corrected chi connectivity index (χ3v) is 4.21. The van der Waals surface area contributed by atoms with Crippen molar-refractivity contribution in [1.82, 2.24) is 4.98 Å². The van der Waals surface area contributed by atoms with Crippen LogP contribution in [0, 0.1) is 5.82 Å². The summed E-state index contributed by atoms with van der Waals surface area (Å²) in [6.45, 7) is 6.66. The molecule has 2 aromatic rings. The number of quaternary nitrogens is 2. The minimum absolute atomic E-state index is 0.131. The molecule has 0 atom stereocenters. The number of nitrogens with zero attached hydrogens (tertiary/aromatic N) is 1. The summed E-state index contributed by atoms with van der Waals surface area (Å²) >= 11 is 0. The maximum absolute atomic E-state index is 13.2. The predicted octanol–water partition coefficient (Wildman–Crippen LogP) is -0.296. The van der Waals surface area contributed by atoms with Gasteiger partial charge in [-0.15, -0.1) is 0 Å². The molecule has 0 aliphatic carbocycles. The SMILES string of the molecule is Fc1cccc(C[NH+]2CC[NH+](Cc3ccncc3)CC2)c1. The van der Waals surface area contributed by atoms with Gasteiger partial charge >= 0.3 is 0 Å². The molecule has 0 radical (unpaired) electrons. The van der Waals surface area contributed by atoms with Crippen molar-refractivity contribution in [3.8, 4) is 0 Å². The fourth-order valence-corrected chi connectivity index (χ4v) is 3.04. The van der Waals surface area contributed by atoms with Gasteiger partial charge in [-0.25, -0.2) is 4.39 Å². The molecule has 0 spiro atoms. The van der Waals surface area contributed by atoms with Gasteiger partial charge < -0.3 is 9.80 Å². The highest BCUT2D eigenvalue weighted by atomic mass is 19.1. The topological polar surface area (TPSA) is 21.8 Å². The van der Waals surface area contributed by atoms with Crippen LogP contribution in [-0.4, -0.2) is 31.2 Å². The molecule has 0 saturated carbocycles. The van der Waals surface area contributed by atoms with Crippen molar-refractivity contribution in [1.29, 1.82) is 0 Å². The Labute approximate surface area is 125 Å². The van der Waals surface area contributed by atoms with Crippen molar-refractivity contribution in [2.24, 2.45) is 0 Å². The average molecular weight is 287 g/mol. The summed E-state index contributed by atoms with van der Waals surface area (Å²) in [4.78, 5) is 7.24. The normalized spacial score (nSPS) is 22.1. The monoisotopic (exact) mass is 287 g/mol. The van der Waals surface area contributed by atoms with E-state index in [0.717, 1.165) is 31.7 Å². The molecule has 2 N–H and O–H groups in total. The van der Waals surface area contributed by atoms with Gasteiger partial charge in [0.05, 0.1) is 0 Å². The number of hydrogen-bond acceptors (Lipinski definition) is 1. The van der Waals surface area contributed by atoms with Crippen molar-refractivity contribution in [2.45, 2.75) is 13.1 Å². The van der Waals surface area contributed by atoms with Crippen LogP contribution in [0.2, 0.25) is 0 Å². The van der Waals surface area contributed by atoms with E-state index in [1.807, 2.05) is 18.5 Å². The summed E-state index contributed by atoms with van der Waals surface area (Å²) in [6.07, 6.45) is 3.72. The molecule has 0 unspecified atom stereocenters. The van der Waals surface area contributed by atoms with Crippen molar-refractivity contribution >= 4 is 0 Å². The molecule has 110 valence electrons. The largest absolute Gasteiger partial charge is 0.322 e. The van der Waals surface area contributed by atoms with E-state index in [1.165, 1.54) is 24.7 Å². The van der Waals surface area contributed by atoms with E-state index >= 15 is 0 Å². The lowest BCUT2D eigenvalue weighted by atomic mass is 10.2. The molecule has 1 aliphatic rings. The maximum Gasteiger partial charge on any atom is 0.127 e. The summed E-state index contributed by atoms with van der Waals surface area (Å²) < 4.78 is 13.2. The molecular weight excluding hydrogens is 265 g/mol. The third-order valence-electron chi connectivity index (χ3n) is 4.21. The predicted molar refractivity (Wildman–Crippen MR) is 79.4 cm³/mol. The Morgan fingerprint density at radius 2 is 1.48 bits per heavy atom. The van der Waals surface area contributed by atoms with E-state index in [1.54, 1.807) is 21.9 Å². The van der Waals surface area contributed by atoms with Crippen molar-refractivity contribution in [3.05, 3.63) is 65.7 Å². The second kappa shape index (κ2) is 6.78. The van der Waals surface area contributed by atoms with E-state index in [2.05, 4.69) is 17.1 Å². The summed E-state index contributed by atoms with van der Waals surface area (Å²) in [6, 6.07) is 11.2. The summed E-state index contributed by atoms with van der Waals surface area (Å²) in [7, 11) is 0. The first-order valence-corrected chi connectivity index (χ1v) is 7.60. The summed E-state index contributed by atoms with van der Waals surface area (Å²) in [5, 5.41) is 0. The van der Waals surface area contributed by atoms with Gasteiger partial charge in [-0.3, -0.25) is 4.98 Å². The van der Waals surface area contributed by atoms with Crippen LogP contribution in [0.25, 0.3) is 0 Å². The molecule has 0 bridgehead atoms. The van der Waals surface area contributed by atoms with E-state index in [9.17, 15) is 4.39 Å². The first-order valence-electron chi connectivity index (χ1n) is 7.60. The van der Waals surface area contributed by atoms with Crippen LogP contribution in [0.1, 0.15) is 11.1 Å². The van der Waals surface area contributed by atoms with Crippen LogP contribution in [0.15, 0.2) is 48.8 Å². The molecule has 2 heterocycles. The highest BCUT2D eigenvalue weighted by Crippen LogP contribution is 2.01. The number of pyridine rings is 1. The van der Waals surface area contributed by atoms with Crippen LogP contribution in [-0.2, 0) is 13.1 Å². The number of hydrogen-bond donors (Lipinski definition) is 2. The molecule has 21 heavy (non-hydrogen) atoms. The molecule has 1 aromatic carbocycles. The fraction of sp³-hybridized carbons (Fsp3) is 0.353. The number of halogens is 1. The molecule has 1 aliphatic heterocycles. The quantitative estimate of drug-likeness (QED) is 0.792. The van der Waals surface area contributed by atoms with Gasteiger partial charge in [0.25, 0.3) is 0 Å². The maximum atomic E-state index is 13.2. The minimum atomic E-state index is -0.131. The zero-order chi connectivity index (χ0) is 14.5. The number of benzene rings is 1. The first kappa shape index (κ1) is 14.2. The molecule has 3 nitrogen and oxygen atoms in total. The molecule has 1 saturated heterocycles. The Balaban J connectivity index is 1.49. The Morgan fingerprint density at radius 3 is 2.10 bits per heavy atom. The minimum Gasteiger partial charge on any atom is -0.322 e. The average Bonchev–Trinajstić information content (AvgIpc) is 2.50. The number of piperazine rings is 1. The molecular formula is C17H22FN3+2. The van der Waals surface area contributed by atoms with Crippen LogP contribution >= 0.6 is 0 Å². The highest BCUT2D eigenvalue weighted by Gasteiger charge is 2.23.